The molecule has 36 heavy (non-hydrogen) atoms. The van der Waals surface area contributed by atoms with E-state index in [9.17, 15) is 14.7 Å². The highest BCUT2D eigenvalue weighted by Gasteiger charge is 2.46. The van der Waals surface area contributed by atoms with Crippen molar-refractivity contribution in [3.8, 4) is 5.75 Å². The van der Waals surface area contributed by atoms with Crippen molar-refractivity contribution in [3.63, 3.8) is 0 Å². The number of amides is 1. The van der Waals surface area contributed by atoms with Gasteiger partial charge in [-0.05, 0) is 47.4 Å². The monoisotopic (exact) mass is 505 g/mol. The van der Waals surface area contributed by atoms with Gasteiger partial charge in [-0.2, -0.15) is 0 Å². The van der Waals surface area contributed by atoms with Crippen LogP contribution >= 0.6 is 11.6 Å². The summed E-state index contributed by atoms with van der Waals surface area (Å²) in [6, 6.07) is 14.5. The maximum absolute atomic E-state index is 13.7. The molecule has 3 heterocycles. The van der Waals surface area contributed by atoms with Crippen LogP contribution in [0.25, 0.3) is 11.0 Å². The number of rotatable bonds is 5. The number of ketones is 1. The molecule has 5 rings (SSSR count). The van der Waals surface area contributed by atoms with Crippen molar-refractivity contribution >= 4 is 39.9 Å². The van der Waals surface area contributed by atoms with Gasteiger partial charge < -0.3 is 18.7 Å². The Kier molecular flexibility index (Phi) is 5.68. The first kappa shape index (κ1) is 23.8. The van der Waals surface area contributed by atoms with Crippen LogP contribution in [-0.4, -0.2) is 23.9 Å². The van der Waals surface area contributed by atoms with Crippen LogP contribution in [0.5, 0.6) is 5.75 Å². The zero-order valence-corrected chi connectivity index (χ0v) is 20.9. The maximum Gasteiger partial charge on any atom is 0.294 e. The topological polar surface area (TPSA) is 93.1 Å². The third-order valence-corrected chi connectivity index (χ3v) is 6.49. The van der Waals surface area contributed by atoms with Gasteiger partial charge in [0.05, 0.1) is 18.9 Å². The smallest absolute Gasteiger partial charge is 0.294 e. The molecule has 1 atom stereocenters. The van der Waals surface area contributed by atoms with Gasteiger partial charge in [0.25, 0.3) is 5.91 Å². The van der Waals surface area contributed by atoms with Crippen molar-refractivity contribution in [2.45, 2.75) is 32.2 Å². The van der Waals surface area contributed by atoms with E-state index in [1.807, 2.05) is 12.1 Å². The summed E-state index contributed by atoms with van der Waals surface area (Å²) in [5.74, 6) is -1.40. The molecule has 0 spiro atoms. The molecule has 8 heteroatoms. The lowest BCUT2D eigenvalue weighted by molar-refractivity contribution is -0.117. The van der Waals surface area contributed by atoms with Crippen LogP contribution in [0.2, 0.25) is 5.02 Å². The van der Waals surface area contributed by atoms with Crippen molar-refractivity contribution in [2.75, 3.05) is 12.0 Å². The highest BCUT2D eigenvalue weighted by Crippen LogP contribution is 2.43. The molecule has 0 radical (unpaired) electrons. The van der Waals surface area contributed by atoms with Crippen LogP contribution in [-0.2, 0) is 10.2 Å². The van der Waals surface area contributed by atoms with Crippen LogP contribution in [0.15, 0.2) is 81.0 Å². The van der Waals surface area contributed by atoms with Crippen molar-refractivity contribution < 1.29 is 28.3 Å². The van der Waals surface area contributed by atoms with E-state index in [1.165, 1.54) is 24.3 Å². The molecular weight excluding hydrogens is 482 g/mol. The minimum Gasteiger partial charge on any atom is -0.503 e. The van der Waals surface area contributed by atoms with Crippen LogP contribution < -0.4 is 9.64 Å². The molecule has 0 fully saturated rings. The fourth-order valence-electron chi connectivity index (χ4n) is 4.42. The number of methoxy groups -OCH3 is 1. The van der Waals surface area contributed by atoms with E-state index in [2.05, 4.69) is 20.8 Å². The maximum atomic E-state index is 13.7. The lowest BCUT2D eigenvalue weighted by Gasteiger charge is -2.26. The van der Waals surface area contributed by atoms with Gasteiger partial charge in [0, 0.05) is 22.2 Å². The van der Waals surface area contributed by atoms with Gasteiger partial charge in [0.15, 0.2) is 22.9 Å². The van der Waals surface area contributed by atoms with Crippen molar-refractivity contribution in [1.82, 2.24) is 0 Å². The van der Waals surface area contributed by atoms with Gasteiger partial charge in [-0.15, -0.1) is 0 Å². The molecule has 0 aliphatic carbocycles. The molecule has 2 aromatic heterocycles. The summed E-state index contributed by atoms with van der Waals surface area (Å²) in [4.78, 5) is 28.4. The summed E-state index contributed by atoms with van der Waals surface area (Å²) in [5, 5.41) is 11.9. The molecule has 0 bridgehead atoms. The summed E-state index contributed by atoms with van der Waals surface area (Å²) < 4.78 is 16.8. The number of halogens is 1. The summed E-state index contributed by atoms with van der Waals surface area (Å²) in [7, 11) is 1.47. The van der Waals surface area contributed by atoms with Crippen molar-refractivity contribution in [3.05, 3.63) is 94.3 Å². The molecule has 1 N–H and O–H groups in total. The molecule has 1 amide bonds. The van der Waals surface area contributed by atoms with Crippen molar-refractivity contribution in [2.24, 2.45) is 0 Å². The van der Waals surface area contributed by atoms with Gasteiger partial charge >= 0.3 is 0 Å². The second-order valence-electron chi connectivity index (χ2n) is 9.62. The fraction of sp³-hybridized carbons (Fsp3) is 0.214. The highest BCUT2D eigenvalue weighted by atomic mass is 35.5. The molecule has 1 unspecified atom stereocenters. The molecule has 184 valence electrons. The van der Waals surface area contributed by atoms with Crippen LogP contribution in [0.4, 0.5) is 5.69 Å². The molecule has 1 aliphatic rings. The average molecular weight is 506 g/mol. The standard InChI is InChI=1S/C28H24ClNO6/c1-28(2,3)16-7-9-18(10-8-16)30-23(19-6-5-11-35-19)22(25(32)27(30)33)24(31)20-13-15-12-17(29)14-21(34-4)26(15)36-20/h5-14,23,32H,1-4H3. The number of carbonyl (C=O) groups excluding carboxylic acids is 2. The Bertz CT molecular complexity index is 1510. The quantitative estimate of drug-likeness (QED) is 0.301. The lowest BCUT2D eigenvalue weighted by Crippen LogP contribution is -2.30. The van der Waals surface area contributed by atoms with Gasteiger partial charge in [-0.3, -0.25) is 14.5 Å². The SMILES string of the molecule is COc1cc(Cl)cc2cc(C(=O)C3=C(O)C(=O)N(c4ccc(C(C)(C)C)cc4)C3c3ccco3)oc12. The summed E-state index contributed by atoms with van der Waals surface area (Å²) in [6.07, 6.45) is 1.45. The second kappa shape index (κ2) is 8.60. The Labute approximate surface area is 212 Å². The predicted octanol–water partition coefficient (Wildman–Crippen LogP) is 6.77. The zero-order valence-electron chi connectivity index (χ0n) is 20.2. The minimum absolute atomic E-state index is 0.0681. The van der Waals surface area contributed by atoms with E-state index in [-0.39, 0.29) is 16.7 Å². The van der Waals surface area contributed by atoms with E-state index >= 15 is 0 Å². The first-order valence-corrected chi connectivity index (χ1v) is 11.7. The van der Waals surface area contributed by atoms with E-state index in [1.54, 1.807) is 36.4 Å². The lowest BCUT2D eigenvalue weighted by atomic mass is 9.87. The van der Waals surface area contributed by atoms with E-state index < -0.39 is 23.5 Å². The largest absolute Gasteiger partial charge is 0.503 e. The van der Waals surface area contributed by atoms with E-state index in [0.717, 1.165) is 5.56 Å². The number of aliphatic hydroxyl groups is 1. The number of benzene rings is 2. The third kappa shape index (κ3) is 3.85. The number of Topliss-reactive ketones (excluding diaryl/α,β-unsaturated/α-hetero) is 1. The predicted molar refractivity (Wildman–Crippen MR) is 136 cm³/mol. The Morgan fingerprint density at radius 1 is 1.11 bits per heavy atom. The Morgan fingerprint density at radius 2 is 1.83 bits per heavy atom. The number of fused-ring (bicyclic) bond motifs is 1. The molecular formula is C28H24ClNO6. The van der Waals surface area contributed by atoms with Gasteiger partial charge in [-0.1, -0.05) is 44.5 Å². The van der Waals surface area contributed by atoms with Gasteiger partial charge in [-0.25, -0.2) is 0 Å². The van der Waals surface area contributed by atoms with E-state index in [4.69, 9.17) is 25.2 Å². The van der Waals surface area contributed by atoms with Crippen LogP contribution in [0.3, 0.4) is 0 Å². The Balaban J connectivity index is 1.61. The zero-order chi connectivity index (χ0) is 25.8. The molecule has 0 saturated heterocycles. The molecule has 2 aromatic carbocycles. The number of carbonyl (C=O) groups is 2. The Morgan fingerprint density at radius 3 is 2.44 bits per heavy atom. The molecule has 0 saturated carbocycles. The minimum atomic E-state index is -0.987. The van der Waals surface area contributed by atoms with Gasteiger partial charge in [0.1, 0.15) is 11.8 Å². The first-order valence-electron chi connectivity index (χ1n) is 11.3. The van der Waals surface area contributed by atoms with E-state index in [0.29, 0.717) is 33.2 Å². The first-order chi connectivity index (χ1) is 17.1. The summed E-state index contributed by atoms with van der Waals surface area (Å²) in [6.45, 7) is 6.27. The normalized spacial score (nSPS) is 16.3. The summed E-state index contributed by atoms with van der Waals surface area (Å²) in [5.41, 5.74) is 1.70. The number of furan rings is 2. The summed E-state index contributed by atoms with van der Waals surface area (Å²) >= 11 is 6.16. The fourth-order valence-corrected chi connectivity index (χ4v) is 4.64. The number of anilines is 1. The number of ether oxygens (including phenoxy) is 1. The molecule has 4 aromatic rings. The highest BCUT2D eigenvalue weighted by molar-refractivity contribution is 6.31. The molecule has 7 nitrogen and oxygen atoms in total. The van der Waals surface area contributed by atoms with Crippen molar-refractivity contribution in [1.29, 1.82) is 0 Å². The second-order valence-corrected chi connectivity index (χ2v) is 10.1. The Hall–Kier alpha value is -3.97. The number of hydrogen-bond donors (Lipinski definition) is 1. The number of aliphatic hydroxyl groups excluding tert-OH is 1. The average Bonchev–Trinajstić information content (AvgIpc) is 3.57. The van der Waals surface area contributed by atoms with Gasteiger partial charge in [0.2, 0.25) is 5.78 Å². The molecule has 1 aliphatic heterocycles. The number of nitrogens with zero attached hydrogens (tertiary/aromatic N) is 1. The van der Waals surface area contributed by atoms with Crippen LogP contribution in [0.1, 0.15) is 48.7 Å². The third-order valence-electron chi connectivity index (χ3n) is 6.27. The van der Waals surface area contributed by atoms with Crippen LogP contribution in [0, 0.1) is 0 Å². The number of hydrogen-bond acceptors (Lipinski definition) is 6.